The summed E-state index contributed by atoms with van der Waals surface area (Å²) >= 11 is 0. The second-order valence-corrected chi connectivity index (χ2v) is 2.77. The fraction of sp³-hybridized carbons (Fsp3) is 0.333. The second kappa shape index (κ2) is 8.27. The maximum Gasteiger partial charge on any atom is 0.325 e. The maximum absolute atomic E-state index is 12.5. The third kappa shape index (κ3) is 5.65. The standard InChI is InChI=1S/C10H10FNO3.C2H6/c1-15-9(13)6-12-10(14)7-2-4-8(11)5-3-7;1-2/h2-5H,6H2,1H3,(H,12,14);1-2H3. The molecule has 0 spiro atoms. The summed E-state index contributed by atoms with van der Waals surface area (Å²) in [5.41, 5.74) is 0.292. The molecule has 4 nitrogen and oxygen atoms in total. The van der Waals surface area contributed by atoms with Crippen molar-refractivity contribution in [1.82, 2.24) is 5.32 Å². The fourth-order valence-corrected chi connectivity index (χ4v) is 0.928. The second-order valence-electron chi connectivity index (χ2n) is 2.77. The van der Waals surface area contributed by atoms with Gasteiger partial charge in [-0.2, -0.15) is 0 Å². The van der Waals surface area contributed by atoms with Crippen LogP contribution in [0.1, 0.15) is 24.2 Å². The number of nitrogens with one attached hydrogen (secondary N) is 1. The van der Waals surface area contributed by atoms with Gasteiger partial charge in [-0.3, -0.25) is 9.59 Å². The lowest BCUT2D eigenvalue weighted by Crippen LogP contribution is -2.30. The van der Waals surface area contributed by atoms with E-state index in [9.17, 15) is 14.0 Å². The molecule has 0 aliphatic carbocycles. The van der Waals surface area contributed by atoms with Gasteiger partial charge in [0, 0.05) is 5.56 Å². The number of benzene rings is 1. The Morgan fingerprint density at radius 3 is 2.24 bits per heavy atom. The lowest BCUT2D eigenvalue weighted by Gasteiger charge is -2.03. The van der Waals surface area contributed by atoms with Crippen LogP contribution in [-0.4, -0.2) is 25.5 Å². The molecule has 0 saturated heterocycles. The minimum atomic E-state index is -0.537. The molecule has 17 heavy (non-hydrogen) atoms. The predicted molar refractivity (Wildman–Crippen MR) is 62.1 cm³/mol. The largest absolute Gasteiger partial charge is 0.468 e. The maximum atomic E-state index is 12.5. The summed E-state index contributed by atoms with van der Waals surface area (Å²) in [5, 5.41) is 2.33. The van der Waals surface area contributed by atoms with Crippen molar-refractivity contribution in [3.63, 3.8) is 0 Å². The van der Waals surface area contributed by atoms with Gasteiger partial charge in [0.05, 0.1) is 7.11 Å². The molecule has 0 saturated carbocycles. The van der Waals surface area contributed by atoms with Crippen molar-refractivity contribution in [2.75, 3.05) is 13.7 Å². The molecule has 5 heteroatoms. The highest BCUT2D eigenvalue weighted by atomic mass is 19.1. The van der Waals surface area contributed by atoms with Gasteiger partial charge >= 0.3 is 5.97 Å². The van der Waals surface area contributed by atoms with Crippen LogP contribution in [0.25, 0.3) is 0 Å². The van der Waals surface area contributed by atoms with Gasteiger partial charge in [-0.1, -0.05) is 13.8 Å². The lowest BCUT2D eigenvalue weighted by atomic mass is 10.2. The number of hydrogen-bond acceptors (Lipinski definition) is 3. The van der Waals surface area contributed by atoms with Gasteiger partial charge in [0.15, 0.2) is 0 Å². The molecule has 0 aliphatic heterocycles. The quantitative estimate of drug-likeness (QED) is 0.820. The third-order valence-corrected chi connectivity index (χ3v) is 1.73. The van der Waals surface area contributed by atoms with E-state index in [1.807, 2.05) is 13.8 Å². The Kier molecular flexibility index (Phi) is 7.34. The van der Waals surface area contributed by atoms with Crippen molar-refractivity contribution >= 4 is 11.9 Å². The van der Waals surface area contributed by atoms with Gasteiger partial charge in [0.1, 0.15) is 12.4 Å². The van der Waals surface area contributed by atoms with Gasteiger partial charge in [-0.15, -0.1) is 0 Å². The molecular formula is C12H16FNO3. The Hall–Kier alpha value is -1.91. The van der Waals surface area contributed by atoms with E-state index in [0.717, 1.165) is 0 Å². The summed E-state index contributed by atoms with van der Waals surface area (Å²) in [6, 6.07) is 5.02. The predicted octanol–water partition coefficient (Wildman–Crippen LogP) is 1.75. The lowest BCUT2D eigenvalue weighted by molar-refractivity contribution is -0.139. The Morgan fingerprint density at radius 2 is 1.76 bits per heavy atom. The van der Waals surface area contributed by atoms with Crippen LogP contribution < -0.4 is 5.32 Å². The first-order valence-electron chi connectivity index (χ1n) is 5.24. The van der Waals surface area contributed by atoms with Gasteiger partial charge in [-0.25, -0.2) is 4.39 Å². The topological polar surface area (TPSA) is 55.4 Å². The molecule has 1 amide bonds. The van der Waals surface area contributed by atoms with Crippen molar-refractivity contribution in [3.8, 4) is 0 Å². The molecule has 1 N–H and O–H groups in total. The first-order chi connectivity index (χ1) is 8.13. The highest BCUT2D eigenvalue weighted by molar-refractivity contribution is 5.95. The first kappa shape index (κ1) is 15.1. The normalized spacial score (nSPS) is 8.71. The van der Waals surface area contributed by atoms with Crippen LogP contribution in [0.5, 0.6) is 0 Å². The monoisotopic (exact) mass is 241 g/mol. The Morgan fingerprint density at radius 1 is 1.24 bits per heavy atom. The smallest absolute Gasteiger partial charge is 0.325 e. The fourth-order valence-electron chi connectivity index (χ4n) is 0.928. The van der Waals surface area contributed by atoms with Crippen molar-refractivity contribution < 1.29 is 18.7 Å². The molecule has 94 valence electrons. The number of esters is 1. The molecular weight excluding hydrogens is 225 g/mol. The Labute approximate surface area is 99.8 Å². The van der Waals surface area contributed by atoms with E-state index in [4.69, 9.17) is 0 Å². The average Bonchev–Trinajstić information content (AvgIpc) is 2.38. The Balaban J connectivity index is 0.00000121. The van der Waals surface area contributed by atoms with Crippen molar-refractivity contribution in [3.05, 3.63) is 35.6 Å². The van der Waals surface area contributed by atoms with Gasteiger partial charge in [-0.05, 0) is 24.3 Å². The molecule has 0 bridgehead atoms. The van der Waals surface area contributed by atoms with Crippen molar-refractivity contribution in [2.24, 2.45) is 0 Å². The molecule has 0 aliphatic rings. The number of methoxy groups -OCH3 is 1. The number of ether oxygens (including phenoxy) is 1. The van der Waals surface area contributed by atoms with Crippen LogP contribution in [0.15, 0.2) is 24.3 Å². The summed E-state index contributed by atoms with van der Waals surface area (Å²) in [7, 11) is 1.23. The third-order valence-electron chi connectivity index (χ3n) is 1.73. The van der Waals surface area contributed by atoms with Crippen LogP contribution in [0.4, 0.5) is 4.39 Å². The highest BCUT2D eigenvalue weighted by Crippen LogP contribution is 2.01. The molecule has 0 heterocycles. The molecule has 0 atom stereocenters. The summed E-state index contributed by atoms with van der Waals surface area (Å²) in [6.07, 6.45) is 0. The number of halogens is 1. The summed E-state index contributed by atoms with van der Waals surface area (Å²) in [5.74, 6) is -1.40. The van der Waals surface area contributed by atoms with Crippen LogP contribution in [0.2, 0.25) is 0 Å². The van der Waals surface area contributed by atoms with Crippen LogP contribution >= 0.6 is 0 Å². The molecule has 0 aromatic heterocycles. The molecule has 0 unspecified atom stereocenters. The Bertz CT molecular complexity index is 363. The van der Waals surface area contributed by atoms with Crippen LogP contribution in [0, 0.1) is 5.82 Å². The number of rotatable bonds is 3. The van der Waals surface area contributed by atoms with Crippen molar-refractivity contribution in [2.45, 2.75) is 13.8 Å². The molecule has 0 radical (unpaired) electrons. The highest BCUT2D eigenvalue weighted by Gasteiger charge is 2.07. The van der Waals surface area contributed by atoms with E-state index in [-0.39, 0.29) is 6.54 Å². The average molecular weight is 241 g/mol. The van der Waals surface area contributed by atoms with Crippen LogP contribution in [-0.2, 0) is 9.53 Å². The number of carbonyl (C=O) groups is 2. The molecule has 1 rings (SSSR count). The van der Waals surface area contributed by atoms with E-state index in [2.05, 4.69) is 10.1 Å². The zero-order valence-corrected chi connectivity index (χ0v) is 10.1. The van der Waals surface area contributed by atoms with E-state index >= 15 is 0 Å². The molecule has 1 aromatic rings. The SMILES string of the molecule is CC.COC(=O)CNC(=O)c1ccc(F)cc1. The van der Waals surface area contributed by atoms with Gasteiger partial charge < -0.3 is 10.1 Å². The van der Waals surface area contributed by atoms with Gasteiger partial charge in [0.25, 0.3) is 5.91 Å². The van der Waals surface area contributed by atoms with E-state index in [0.29, 0.717) is 5.56 Å². The van der Waals surface area contributed by atoms with Gasteiger partial charge in [0.2, 0.25) is 0 Å². The minimum absolute atomic E-state index is 0.202. The summed E-state index contributed by atoms with van der Waals surface area (Å²) in [4.78, 5) is 22.0. The van der Waals surface area contributed by atoms with Crippen molar-refractivity contribution in [1.29, 1.82) is 0 Å². The number of hydrogen-bond donors (Lipinski definition) is 1. The first-order valence-corrected chi connectivity index (χ1v) is 5.24. The van der Waals surface area contributed by atoms with E-state index in [1.165, 1.54) is 31.4 Å². The van der Waals surface area contributed by atoms with E-state index < -0.39 is 17.7 Å². The summed E-state index contributed by atoms with van der Waals surface area (Å²) < 4.78 is 16.9. The minimum Gasteiger partial charge on any atom is -0.468 e. The number of carbonyl (C=O) groups excluding carboxylic acids is 2. The zero-order chi connectivity index (χ0) is 13.3. The van der Waals surface area contributed by atoms with Crippen LogP contribution in [0.3, 0.4) is 0 Å². The summed E-state index contributed by atoms with van der Waals surface area (Å²) in [6.45, 7) is 3.80. The number of amides is 1. The molecule has 1 aromatic carbocycles. The van der Waals surface area contributed by atoms with E-state index in [1.54, 1.807) is 0 Å². The molecule has 0 fully saturated rings. The zero-order valence-electron chi connectivity index (χ0n) is 10.1.